The summed E-state index contributed by atoms with van der Waals surface area (Å²) in [6, 6.07) is 16.6. The fourth-order valence-electron chi connectivity index (χ4n) is 3.59. The number of nitrogens with one attached hydrogen (secondary N) is 1. The first kappa shape index (κ1) is 21.6. The van der Waals surface area contributed by atoms with Gasteiger partial charge in [-0.1, -0.05) is 31.2 Å². The number of carbonyl (C=O) groups is 1. The summed E-state index contributed by atoms with van der Waals surface area (Å²) >= 11 is 1.63. The molecule has 2 aromatic carbocycles. The Labute approximate surface area is 179 Å². The molecule has 0 bridgehead atoms. The Hall–Kier alpha value is -2.14. The molecule has 2 aromatic rings. The number of rotatable bonds is 8. The molecule has 1 fully saturated rings. The van der Waals surface area contributed by atoms with Crippen molar-refractivity contribution in [3.8, 4) is 5.75 Å². The molecule has 1 atom stereocenters. The van der Waals surface area contributed by atoms with Gasteiger partial charge in [-0.3, -0.25) is 4.79 Å². The molecule has 1 aliphatic heterocycles. The lowest BCUT2D eigenvalue weighted by Crippen LogP contribution is -2.32. The molecule has 0 radical (unpaired) electrons. The van der Waals surface area contributed by atoms with E-state index in [1.165, 1.54) is 24.1 Å². The van der Waals surface area contributed by atoms with Gasteiger partial charge in [0.25, 0.3) is 0 Å². The number of hydrogen-bond acceptors (Lipinski definition) is 4. The van der Waals surface area contributed by atoms with E-state index in [-0.39, 0.29) is 11.9 Å². The van der Waals surface area contributed by atoms with Crippen LogP contribution in [0.25, 0.3) is 0 Å². The zero-order chi connectivity index (χ0) is 20.6. The van der Waals surface area contributed by atoms with Crippen molar-refractivity contribution >= 4 is 23.4 Å². The first-order chi connectivity index (χ1) is 14.0. The van der Waals surface area contributed by atoms with Crippen LogP contribution in [-0.2, 0) is 10.5 Å². The first-order valence-electron chi connectivity index (χ1n) is 10.4. The number of benzene rings is 2. The highest BCUT2D eigenvalue weighted by Gasteiger charge is 2.16. The smallest absolute Gasteiger partial charge is 0.230 e. The molecule has 1 amide bonds. The summed E-state index contributed by atoms with van der Waals surface area (Å²) in [5, 5.41) is 3.11. The Kier molecular flexibility index (Phi) is 7.87. The van der Waals surface area contributed by atoms with Crippen LogP contribution in [0.15, 0.2) is 48.5 Å². The average molecular weight is 413 g/mol. The van der Waals surface area contributed by atoms with Gasteiger partial charge in [-0.25, -0.2) is 0 Å². The molecule has 1 saturated heterocycles. The number of hydrogen-bond donors (Lipinski definition) is 1. The average Bonchev–Trinajstić information content (AvgIpc) is 2.75. The molecule has 4 nitrogen and oxygen atoms in total. The van der Waals surface area contributed by atoms with Crippen molar-refractivity contribution < 1.29 is 9.53 Å². The Morgan fingerprint density at radius 1 is 1.14 bits per heavy atom. The van der Waals surface area contributed by atoms with Crippen molar-refractivity contribution in [1.29, 1.82) is 0 Å². The number of piperidine rings is 1. The molecule has 1 N–H and O–H groups in total. The Morgan fingerprint density at radius 2 is 1.79 bits per heavy atom. The van der Waals surface area contributed by atoms with Crippen molar-refractivity contribution in [1.82, 2.24) is 5.32 Å². The molecule has 3 rings (SSSR count). The SMILES string of the molecule is COc1ccc(CSCC(=O)N[C@H](C)c2ccc(N3CCC(C)CC3)cc2)cc1. The van der Waals surface area contributed by atoms with Gasteiger partial charge in [0.15, 0.2) is 0 Å². The third kappa shape index (κ3) is 6.43. The summed E-state index contributed by atoms with van der Waals surface area (Å²) in [4.78, 5) is 14.8. The van der Waals surface area contributed by atoms with E-state index in [9.17, 15) is 4.79 Å². The van der Waals surface area contributed by atoms with Gasteiger partial charge in [-0.2, -0.15) is 0 Å². The van der Waals surface area contributed by atoms with Gasteiger partial charge in [-0.05, 0) is 61.1 Å². The highest BCUT2D eigenvalue weighted by Crippen LogP contribution is 2.24. The second kappa shape index (κ2) is 10.6. The predicted octanol–water partition coefficient (Wildman–Crippen LogP) is 5.04. The van der Waals surface area contributed by atoms with Crippen LogP contribution in [0.4, 0.5) is 5.69 Å². The van der Waals surface area contributed by atoms with E-state index < -0.39 is 0 Å². The van der Waals surface area contributed by atoms with E-state index in [0.29, 0.717) is 5.75 Å². The van der Waals surface area contributed by atoms with Crippen molar-refractivity contribution in [2.24, 2.45) is 5.92 Å². The maximum Gasteiger partial charge on any atom is 0.230 e. The van der Waals surface area contributed by atoms with Gasteiger partial charge in [0.1, 0.15) is 5.75 Å². The van der Waals surface area contributed by atoms with E-state index in [4.69, 9.17) is 4.74 Å². The number of methoxy groups -OCH3 is 1. The number of anilines is 1. The molecule has 1 heterocycles. The number of nitrogens with zero attached hydrogens (tertiary/aromatic N) is 1. The Bertz CT molecular complexity index is 768. The zero-order valence-corrected chi connectivity index (χ0v) is 18.5. The highest BCUT2D eigenvalue weighted by molar-refractivity contribution is 7.99. The number of amides is 1. The number of ether oxygens (including phenoxy) is 1. The minimum absolute atomic E-state index is 0.0134. The highest BCUT2D eigenvalue weighted by atomic mass is 32.2. The second-order valence-corrected chi connectivity index (χ2v) is 8.88. The number of thioether (sulfide) groups is 1. The molecule has 0 spiro atoms. The molecule has 0 aromatic heterocycles. The van der Waals surface area contributed by atoms with Gasteiger partial charge in [0.2, 0.25) is 5.91 Å². The van der Waals surface area contributed by atoms with Gasteiger partial charge in [-0.15, -0.1) is 11.8 Å². The molecule has 0 saturated carbocycles. The van der Waals surface area contributed by atoms with E-state index in [1.54, 1.807) is 18.9 Å². The van der Waals surface area contributed by atoms with Crippen molar-refractivity contribution in [3.63, 3.8) is 0 Å². The van der Waals surface area contributed by atoms with Crippen LogP contribution in [0.2, 0.25) is 0 Å². The van der Waals surface area contributed by atoms with Crippen LogP contribution in [0.5, 0.6) is 5.75 Å². The van der Waals surface area contributed by atoms with Crippen LogP contribution in [0.3, 0.4) is 0 Å². The second-order valence-electron chi connectivity index (χ2n) is 7.89. The van der Waals surface area contributed by atoms with E-state index in [1.807, 2.05) is 31.2 Å². The van der Waals surface area contributed by atoms with Crippen LogP contribution in [0.1, 0.15) is 43.9 Å². The van der Waals surface area contributed by atoms with Gasteiger partial charge in [0.05, 0.1) is 18.9 Å². The topological polar surface area (TPSA) is 41.6 Å². The van der Waals surface area contributed by atoms with Crippen LogP contribution < -0.4 is 15.0 Å². The van der Waals surface area contributed by atoms with Crippen molar-refractivity contribution in [2.45, 2.75) is 38.5 Å². The summed E-state index contributed by atoms with van der Waals surface area (Å²) in [7, 11) is 1.66. The maximum absolute atomic E-state index is 12.3. The van der Waals surface area contributed by atoms with E-state index >= 15 is 0 Å². The lowest BCUT2D eigenvalue weighted by Gasteiger charge is -2.32. The summed E-state index contributed by atoms with van der Waals surface area (Å²) in [6.45, 7) is 6.65. The third-order valence-electron chi connectivity index (χ3n) is 5.58. The molecule has 156 valence electrons. The quantitative estimate of drug-likeness (QED) is 0.659. The van der Waals surface area contributed by atoms with Gasteiger partial charge in [0, 0.05) is 24.5 Å². The van der Waals surface area contributed by atoms with Gasteiger partial charge >= 0.3 is 0 Å². The molecule has 1 aliphatic rings. The summed E-state index contributed by atoms with van der Waals surface area (Å²) < 4.78 is 5.17. The largest absolute Gasteiger partial charge is 0.497 e. The monoisotopic (exact) mass is 412 g/mol. The normalized spacial score (nSPS) is 15.8. The fourth-order valence-corrected chi connectivity index (χ4v) is 4.39. The molecular formula is C24H32N2O2S. The molecular weight excluding hydrogens is 380 g/mol. The zero-order valence-electron chi connectivity index (χ0n) is 17.7. The van der Waals surface area contributed by atoms with Crippen molar-refractivity contribution in [3.05, 3.63) is 59.7 Å². The van der Waals surface area contributed by atoms with Crippen LogP contribution >= 0.6 is 11.8 Å². The summed E-state index contributed by atoms with van der Waals surface area (Å²) in [6.07, 6.45) is 2.53. The standard InChI is InChI=1S/C24H32N2O2S/c1-18-12-14-26(15-13-18)22-8-6-21(7-9-22)19(2)25-24(27)17-29-16-20-4-10-23(28-3)11-5-20/h4-11,18-19H,12-17H2,1-3H3,(H,25,27)/t19-/m1/s1. The Morgan fingerprint density at radius 3 is 2.41 bits per heavy atom. The number of carbonyl (C=O) groups excluding carboxylic acids is 1. The van der Waals surface area contributed by atoms with Crippen molar-refractivity contribution in [2.75, 3.05) is 30.9 Å². The predicted molar refractivity (Wildman–Crippen MR) is 123 cm³/mol. The lowest BCUT2D eigenvalue weighted by molar-refractivity contribution is -0.119. The van der Waals surface area contributed by atoms with E-state index in [2.05, 4.69) is 41.4 Å². The van der Waals surface area contributed by atoms with Gasteiger partial charge < -0.3 is 15.0 Å². The molecule has 29 heavy (non-hydrogen) atoms. The van der Waals surface area contributed by atoms with E-state index in [0.717, 1.165) is 36.1 Å². The minimum atomic E-state index is 0.0134. The third-order valence-corrected chi connectivity index (χ3v) is 6.58. The Balaban J connectivity index is 1.42. The maximum atomic E-state index is 12.3. The van der Waals surface area contributed by atoms with Crippen LogP contribution in [-0.4, -0.2) is 31.9 Å². The summed E-state index contributed by atoms with van der Waals surface area (Å²) in [5.74, 6) is 3.04. The summed E-state index contributed by atoms with van der Waals surface area (Å²) in [5.41, 5.74) is 3.63. The first-order valence-corrected chi connectivity index (χ1v) is 11.6. The van der Waals surface area contributed by atoms with Crippen LogP contribution in [0, 0.1) is 5.92 Å². The fraction of sp³-hybridized carbons (Fsp3) is 0.458. The molecule has 0 unspecified atom stereocenters. The lowest BCUT2D eigenvalue weighted by atomic mass is 9.98. The molecule has 5 heteroatoms. The molecule has 0 aliphatic carbocycles. The minimum Gasteiger partial charge on any atom is -0.497 e.